The zero-order valence-corrected chi connectivity index (χ0v) is 32.9. The van der Waals surface area contributed by atoms with Crippen LogP contribution in [-0.2, 0) is 28.5 Å². The zero-order valence-electron chi connectivity index (χ0n) is 29.7. The summed E-state index contributed by atoms with van der Waals surface area (Å²) in [5.74, 6) is 0.457. The minimum Gasteiger partial charge on any atom is -0.467 e. The molecule has 0 aliphatic heterocycles. The minimum absolute atomic E-state index is 0.0789. The molecule has 0 amide bonds. The SMILES string of the molecule is CCCSc1nc(Cl)c(N)c(N[C@@H]2C[C@H](OCC(=O)OC)[C@@H](O)[C@H]2O)n1.CCCSc1nc(Cl)c([N+](=O)[O-])c(N[C@@H]2C[C@H](OCC(=O)OC)[C@@H](O)[C@H]2O)n1. The van der Waals surface area contributed by atoms with Gasteiger partial charge in [0.05, 0.1) is 43.4 Å². The summed E-state index contributed by atoms with van der Waals surface area (Å²) < 4.78 is 19.5. The molecule has 4 rings (SSSR count). The summed E-state index contributed by atoms with van der Waals surface area (Å²) in [5, 5.41) is 58.4. The maximum absolute atomic E-state index is 11.4. The fourth-order valence-electron chi connectivity index (χ4n) is 5.13. The summed E-state index contributed by atoms with van der Waals surface area (Å²) in [5.41, 5.74) is 5.56. The third-order valence-electron chi connectivity index (χ3n) is 7.94. The minimum atomic E-state index is -1.30. The average Bonchev–Trinajstić information content (AvgIpc) is 3.57. The van der Waals surface area contributed by atoms with Gasteiger partial charge in [-0.15, -0.1) is 0 Å². The topological polar surface area (TPSA) is 297 Å². The standard InChI is InChI=1S/C15H21ClN4O7S.C15H23ClN4O5S/c1-3-4-28-15-18-13(16)10(20(24)25)14(19-15)17-7-5-8(12(23)11(7)22)27-6-9(21)26-2;1-3-4-26-15-19-13(16)10(17)14(20-15)18-7-5-8(12(23)11(7)22)25-6-9(21)24-2/h7-8,11-12,22-23H,3-6H2,1-2H3,(H,17,18,19);7-8,11-12,22-23H,3-6,17H2,1-2H3,(H,18,19,20)/t2*7-,8+,11+,12-/m11/s1. The van der Waals surface area contributed by atoms with Gasteiger partial charge in [0.2, 0.25) is 11.0 Å². The predicted octanol–water partition coefficient (Wildman–Crippen LogP) is 1.68. The number of ether oxygens (including phenoxy) is 4. The molecule has 302 valence electrons. The Labute approximate surface area is 328 Å². The van der Waals surface area contributed by atoms with Crippen molar-refractivity contribution in [3.63, 3.8) is 0 Å². The van der Waals surface area contributed by atoms with Crippen molar-refractivity contribution in [1.29, 1.82) is 0 Å². The molecule has 2 aliphatic rings. The first-order valence-electron chi connectivity index (χ1n) is 16.6. The molecule has 0 unspecified atom stereocenters. The molecule has 2 aromatic heterocycles. The van der Waals surface area contributed by atoms with Crippen molar-refractivity contribution in [3.05, 3.63) is 20.4 Å². The van der Waals surface area contributed by atoms with Crippen LogP contribution in [0.3, 0.4) is 0 Å². The molecule has 0 radical (unpaired) electrons. The number of nitro groups is 1. The van der Waals surface area contributed by atoms with Crippen molar-refractivity contribution in [1.82, 2.24) is 19.9 Å². The number of aromatic nitrogens is 4. The number of esters is 2. The lowest BCUT2D eigenvalue weighted by Gasteiger charge is -2.19. The number of hydrogen-bond donors (Lipinski definition) is 7. The second-order valence-electron chi connectivity index (χ2n) is 11.8. The third kappa shape index (κ3) is 12.5. The third-order valence-corrected chi connectivity index (χ3v) is 10.6. The molecule has 0 saturated heterocycles. The van der Waals surface area contributed by atoms with E-state index in [-0.39, 0.29) is 52.2 Å². The molecule has 20 nitrogen and oxygen atoms in total. The van der Waals surface area contributed by atoms with E-state index < -0.39 is 77.9 Å². The highest BCUT2D eigenvalue weighted by Gasteiger charge is 2.44. The number of nitrogens with one attached hydrogen (secondary N) is 2. The summed E-state index contributed by atoms with van der Waals surface area (Å²) in [6, 6.07) is -1.39. The predicted molar refractivity (Wildman–Crippen MR) is 199 cm³/mol. The van der Waals surface area contributed by atoms with Crippen molar-refractivity contribution < 1.29 is 53.9 Å². The Bertz CT molecular complexity index is 1590. The van der Waals surface area contributed by atoms with Crippen LogP contribution in [0.1, 0.15) is 39.5 Å². The van der Waals surface area contributed by atoms with E-state index in [2.05, 4.69) is 40.0 Å². The van der Waals surface area contributed by atoms with Gasteiger partial charge in [0.25, 0.3) is 0 Å². The van der Waals surface area contributed by atoms with Gasteiger partial charge in [0.1, 0.15) is 43.3 Å². The van der Waals surface area contributed by atoms with Gasteiger partial charge in [-0.1, -0.05) is 60.6 Å². The van der Waals surface area contributed by atoms with Gasteiger partial charge in [-0.25, -0.2) is 24.5 Å². The van der Waals surface area contributed by atoms with E-state index in [4.69, 9.17) is 38.4 Å². The molecule has 24 heteroatoms. The highest BCUT2D eigenvalue weighted by atomic mass is 35.5. The van der Waals surface area contributed by atoms with Crippen molar-refractivity contribution in [3.8, 4) is 0 Å². The van der Waals surface area contributed by atoms with Gasteiger partial charge in [-0.05, 0) is 25.7 Å². The number of aliphatic hydroxyl groups excluding tert-OH is 4. The lowest BCUT2D eigenvalue weighted by atomic mass is 10.2. The van der Waals surface area contributed by atoms with Crippen LogP contribution in [0.25, 0.3) is 0 Å². The molecule has 0 bridgehead atoms. The maximum atomic E-state index is 11.4. The molecule has 54 heavy (non-hydrogen) atoms. The van der Waals surface area contributed by atoms with Gasteiger partial charge >= 0.3 is 17.6 Å². The van der Waals surface area contributed by atoms with Gasteiger partial charge in [0, 0.05) is 11.5 Å². The second kappa shape index (κ2) is 21.9. The van der Waals surface area contributed by atoms with E-state index in [0.29, 0.717) is 10.9 Å². The Balaban J connectivity index is 0.000000291. The fraction of sp³-hybridized carbons (Fsp3) is 0.667. The number of carbonyl (C=O) groups is 2. The molecule has 2 heterocycles. The second-order valence-corrected chi connectivity index (χ2v) is 14.6. The highest BCUT2D eigenvalue weighted by molar-refractivity contribution is 7.99. The highest BCUT2D eigenvalue weighted by Crippen LogP contribution is 2.35. The van der Waals surface area contributed by atoms with Gasteiger partial charge < -0.3 is 55.7 Å². The number of aliphatic hydroxyl groups is 4. The van der Waals surface area contributed by atoms with Crippen LogP contribution >= 0.6 is 46.7 Å². The van der Waals surface area contributed by atoms with Crippen molar-refractivity contribution in [2.75, 3.05) is 55.3 Å². The Morgan fingerprint density at radius 2 is 1.22 bits per heavy atom. The molecule has 0 aromatic carbocycles. The van der Waals surface area contributed by atoms with Crippen LogP contribution in [0.2, 0.25) is 10.3 Å². The molecular weight excluding hydrogens is 799 g/mol. The van der Waals surface area contributed by atoms with Crippen molar-refractivity contribution in [2.24, 2.45) is 0 Å². The summed E-state index contributed by atoms with van der Waals surface area (Å²) in [6.45, 7) is 3.30. The number of anilines is 3. The summed E-state index contributed by atoms with van der Waals surface area (Å²) in [4.78, 5) is 49.5. The number of hydrogen-bond acceptors (Lipinski definition) is 21. The number of thioether (sulfide) groups is 2. The summed E-state index contributed by atoms with van der Waals surface area (Å²) >= 11 is 14.7. The maximum Gasteiger partial charge on any atom is 0.348 e. The van der Waals surface area contributed by atoms with E-state index >= 15 is 0 Å². The van der Waals surface area contributed by atoms with E-state index in [1.165, 1.54) is 37.7 Å². The van der Waals surface area contributed by atoms with E-state index in [0.717, 1.165) is 18.6 Å². The Kier molecular flexibility index (Phi) is 18.4. The first-order valence-corrected chi connectivity index (χ1v) is 19.3. The average molecular weight is 844 g/mol. The normalized spacial score (nSPS) is 24.7. The number of carbonyl (C=O) groups excluding carboxylic acids is 2. The molecule has 8 N–H and O–H groups in total. The van der Waals surface area contributed by atoms with Crippen LogP contribution in [0, 0.1) is 10.1 Å². The molecule has 2 fully saturated rings. The van der Waals surface area contributed by atoms with E-state index in [1.54, 1.807) is 0 Å². The van der Waals surface area contributed by atoms with Crippen LogP contribution in [0.15, 0.2) is 10.3 Å². The molecule has 0 spiro atoms. The lowest BCUT2D eigenvalue weighted by Crippen LogP contribution is -2.37. The summed E-state index contributed by atoms with van der Waals surface area (Å²) in [7, 11) is 2.44. The Hall–Kier alpha value is -3.06. The first kappa shape index (κ1) is 45.3. The number of nitrogens with zero attached hydrogens (tertiary/aromatic N) is 5. The number of nitrogens with two attached hydrogens (primary N) is 1. The monoisotopic (exact) mass is 842 g/mol. The van der Waals surface area contributed by atoms with E-state index in [1.807, 2.05) is 13.8 Å². The van der Waals surface area contributed by atoms with Gasteiger partial charge in [-0.2, -0.15) is 4.98 Å². The number of methoxy groups -OCH3 is 2. The molecule has 2 aliphatic carbocycles. The fourth-order valence-corrected chi connectivity index (χ4v) is 7.04. The van der Waals surface area contributed by atoms with Crippen molar-refractivity contribution in [2.45, 2.75) is 98.6 Å². The van der Waals surface area contributed by atoms with Crippen LogP contribution in [0.4, 0.5) is 23.0 Å². The first-order chi connectivity index (χ1) is 25.6. The largest absolute Gasteiger partial charge is 0.467 e. The smallest absolute Gasteiger partial charge is 0.348 e. The molecule has 2 aromatic rings. The molecule has 2 saturated carbocycles. The van der Waals surface area contributed by atoms with Crippen LogP contribution in [-0.4, -0.2) is 145 Å². The Morgan fingerprint density at radius 1 is 0.796 bits per heavy atom. The zero-order chi connectivity index (χ0) is 40.1. The van der Waals surface area contributed by atoms with Crippen molar-refractivity contribution >= 4 is 81.7 Å². The Morgan fingerprint density at radius 3 is 1.65 bits per heavy atom. The summed E-state index contributed by atoms with van der Waals surface area (Å²) in [6.07, 6.45) is -4.36. The van der Waals surface area contributed by atoms with Crippen LogP contribution < -0.4 is 16.4 Å². The number of rotatable bonds is 17. The lowest BCUT2D eigenvalue weighted by molar-refractivity contribution is -0.384. The van der Waals surface area contributed by atoms with Gasteiger partial charge in [-0.3, -0.25) is 10.1 Å². The van der Waals surface area contributed by atoms with Crippen LogP contribution in [0.5, 0.6) is 0 Å². The number of nitrogen functional groups attached to an aromatic ring is 1. The molecule has 8 atom stereocenters. The quantitative estimate of drug-likeness (QED) is 0.0298. The number of halogens is 2. The molecular formula is C30H44Cl2N8O12S2. The van der Waals surface area contributed by atoms with E-state index in [9.17, 15) is 40.1 Å². The van der Waals surface area contributed by atoms with Gasteiger partial charge in [0.15, 0.2) is 21.3 Å².